The lowest BCUT2D eigenvalue weighted by Crippen LogP contribution is -2.38. The molecule has 1 aromatic rings. The van der Waals surface area contributed by atoms with Gasteiger partial charge < -0.3 is 4.74 Å². The Kier molecular flexibility index (Phi) is 5.55. The van der Waals surface area contributed by atoms with Crippen LogP contribution in [0.25, 0.3) is 0 Å². The Hall–Kier alpha value is -0.970. The van der Waals surface area contributed by atoms with Crippen LogP contribution in [0.5, 0.6) is 0 Å². The lowest BCUT2D eigenvalue weighted by atomic mass is 9.96. The predicted molar refractivity (Wildman–Crippen MR) is 66.9 cm³/mol. The van der Waals surface area contributed by atoms with Gasteiger partial charge in [0.15, 0.2) is 0 Å². The fourth-order valence-corrected chi connectivity index (χ4v) is 2.01. The lowest BCUT2D eigenvalue weighted by Gasteiger charge is -2.27. The highest BCUT2D eigenvalue weighted by atomic mass is 19.1. The summed E-state index contributed by atoms with van der Waals surface area (Å²) in [5.41, 5.74) is 4.59. The van der Waals surface area contributed by atoms with E-state index in [2.05, 4.69) is 5.43 Å². The number of nitrogens with two attached hydrogens (primary N) is 1. The van der Waals surface area contributed by atoms with Crippen LogP contribution in [-0.2, 0) is 4.74 Å². The smallest absolute Gasteiger partial charge is 0.123 e. The molecule has 0 saturated carbocycles. The molecule has 0 aliphatic heterocycles. The standard InChI is InChI=1S/C13H21FN2O/c1-4-12(17-5-2)13(16-15)11-8-10(14)7-6-9(11)3/h6-8,12-13,16H,4-5,15H2,1-3H3. The summed E-state index contributed by atoms with van der Waals surface area (Å²) in [4.78, 5) is 0. The highest BCUT2D eigenvalue weighted by Gasteiger charge is 2.22. The Bertz CT molecular complexity index is 357. The summed E-state index contributed by atoms with van der Waals surface area (Å²) < 4.78 is 18.9. The van der Waals surface area contributed by atoms with E-state index in [4.69, 9.17) is 10.6 Å². The summed E-state index contributed by atoms with van der Waals surface area (Å²) in [5.74, 6) is 5.33. The Morgan fingerprint density at radius 3 is 2.65 bits per heavy atom. The van der Waals surface area contributed by atoms with Gasteiger partial charge in [-0.25, -0.2) is 4.39 Å². The van der Waals surface area contributed by atoms with Crippen LogP contribution in [-0.4, -0.2) is 12.7 Å². The Balaban J connectivity index is 3.02. The number of halogens is 1. The van der Waals surface area contributed by atoms with Crippen LogP contribution in [0.2, 0.25) is 0 Å². The number of aryl methyl sites for hydroxylation is 1. The average Bonchev–Trinajstić information content (AvgIpc) is 2.33. The summed E-state index contributed by atoms with van der Waals surface area (Å²) >= 11 is 0. The molecule has 0 aromatic heterocycles. The number of nitrogens with one attached hydrogen (secondary N) is 1. The number of benzene rings is 1. The molecule has 0 bridgehead atoms. The minimum absolute atomic E-state index is 0.0505. The first-order valence-electron chi connectivity index (χ1n) is 5.97. The molecule has 17 heavy (non-hydrogen) atoms. The van der Waals surface area contributed by atoms with Gasteiger partial charge in [-0.15, -0.1) is 0 Å². The molecule has 3 N–H and O–H groups in total. The molecule has 1 rings (SSSR count). The van der Waals surface area contributed by atoms with Crippen molar-refractivity contribution in [1.29, 1.82) is 0 Å². The molecule has 3 nitrogen and oxygen atoms in total. The molecule has 2 atom stereocenters. The van der Waals surface area contributed by atoms with Crippen molar-refractivity contribution in [2.45, 2.75) is 39.3 Å². The molecule has 0 aliphatic rings. The van der Waals surface area contributed by atoms with Crippen molar-refractivity contribution in [3.63, 3.8) is 0 Å². The molecular weight excluding hydrogens is 219 g/mol. The summed E-state index contributed by atoms with van der Waals surface area (Å²) in [6.07, 6.45) is 0.768. The number of hydrazine groups is 1. The van der Waals surface area contributed by atoms with Crippen molar-refractivity contribution >= 4 is 0 Å². The van der Waals surface area contributed by atoms with Gasteiger partial charge in [0.1, 0.15) is 5.82 Å². The van der Waals surface area contributed by atoms with Gasteiger partial charge in [0.25, 0.3) is 0 Å². The zero-order valence-electron chi connectivity index (χ0n) is 10.7. The molecule has 4 heteroatoms. The molecule has 0 aliphatic carbocycles. The second-order valence-corrected chi connectivity index (χ2v) is 4.05. The number of rotatable bonds is 6. The van der Waals surface area contributed by atoms with Crippen LogP contribution in [0.1, 0.15) is 37.4 Å². The molecule has 0 fully saturated rings. The van der Waals surface area contributed by atoms with Crippen molar-refractivity contribution in [2.75, 3.05) is 6.61 Å². The van der Waals surface area contributed by atoms with Gasteiger partial charge in [0.05, 0.1) is 12.1 Å². The molecule has 0 heterocycles. The van der Waals surface area contributed by atoms with Crippen molar-refractivity contribution in [2.24, 2.45) is 5.84 Å². The molecule has 0 spiro atoms. The third-order valence-electron chi connectivity index (χ3n) is 2.91. The summed E-state index contributed by atoms with van der Waals surface area (Å²) in [6.45, 7) is 6.52. The van der Waals surface area contributed by atoms with Crippen molar-refractivity contribution in [3.05, 3.63) is 35.1 Å². The van der Waals surface area contributed by atoms with E-state index in [0.29, 0.717) is 6.61 Å². The van der Waals surface area contributed by atoms with E-state index in [-0.39, 0.29) is 18.0 Å². The first kappa shape index (κ1) is 14.1. The lowest BCUT2D eigenvalue weighted by molar-refractivity contribution is 0.0312. The van der Waals surface area contributed by atoms with Crippen LogP contribution in [0.3, 0.4) is 0 Å². The molecule has 0 radical (unpaired) electrons. The normalized spacial score (nSPS) is 14.6. The topological polar surface area (TPSA) is 47.3 Å². The van der Waals surface area contributed by atoms with Crippen LogP contribution < -0.4 is 11.3 Å². The number of hydrogen-bond acceptors (Lipinski definition) is 3. The van der Waals surface area contributed by atoms with Gasteiger partial charge in [0.2, 0.25) is 0 Å². The average molecular weight is 240 g/mol. The van der Waals surface area contributed by atoms with E-state index in [1.54, 1.807) is 6.07 Å². The third-order valence-corrected chi connectivity index (χ3v) is 2.91. The second kappa shape index (κ2) is 6.69. The van der Waals surface area contributed by atoms with Gasteiger partial charge in [-0.3, -0.25) is 11.3 Å². The van der Waals surface area contributed by atoms with Gasteiger partial charge in [-0.1, -0.05) is 13.0 Å². The molecule has 0 amide bonds. The van der Waals surface area contributed by atoms with Crippen LogP contribution in [0.15, 0.2) is 18.2 Å². The Morgan fingerprint density at radius 1 is 1.41 bits per heavy atom. The Morgan fingerprint density at radius 2 is 2.12 bits per heavy atom. The van der Waals surface area contributed by atoms with E-state index in [1.807, 2.05) is 20.8 Å². The van der Waals surface area contributed by atoms with Gasteiger partial charge >= 0.3 is 0 Å². The van der Waals surface area contributed by atoms with Gasteiger partial charge in [0, 0.05) is 6.61 Å². The van der Waals surface area contributed by atoms with E-state index in [9.17, 15) is 4.39 Å². The summed E-state index contributed by atoms with van der Waals surface area (Å²) in [7, 11) is 0. The SMILES string of the molecule is CCOC(CC)C(NN)c1cc(F)ccc1C. The highest BCUT2D eigenvalue weighted by molar-refractivity contribution is 5.30. The Labute approximate surface area is 102 Å². The third kappa shape index (κ3) is 3.49. The van der Waals surface area contributed by atoms with Crippen molar-refractivity contribution in [3.8, 4) is 0 Å². The fraction of sp³-hybridized carbons (Fsp3) is 0.538. The zero-order chi connectivity index (χ0) is 12.8. The molecule has 1 aromatic carbocycles. The first-order valence-corrected chi connectivity index (χ1v) is 5.97. The molecule has 2 unspecified atom stereocenters. The molecule has 0 saturated heterocycles. The van der Waals surface area contributed by atoms with Crippen LogP contribution in [0.4, 0.5) is 4.39 Å². The van der Waals surface area contributed by atoms with Crippen LogP contribution in [0, 0.1) is 12.7 Å². The highest BCUT2D eigenvalue weighted by Crippen LogP contribution is 2.24. The fourth-order valence-electron chi connectivity index (χ4n) is 2.01. The maximum absolute atomic E-state index is 13.3. The minimum Gasteiger partial charge on any atom is -0.376 e. The minimum atomic E-state index is -0.253. The van der Waals surface area contributed by atoms with E-state index >= 15 is 0 Å². The summed E-state index contributed by atoms with van der Waals surface area (Å²) in [5, 5.41) is 0. The predicted octanol–water partition coefficient (Wildman–Crippen LogP) is 2.45. The van der Waals surface area contributed by atoms with Crippen molar-refractivity contribution < 1.29 is 9.13 Å². The van der Waals surface area contributed by atoms with E-state index < -0.39 is 0 Å². The zero-order valence-corrected chi connectivity index (χ0v) is 10.7. The number of hydrogen-bond donors (Lipinski definition) is 2. The van der Waals surface area contributed by atoms with E-state index in [0.717, 1.165) is 17.5 Å². The molecular formula is C13H21FN2O. The molecule has 96 valence electrons. The largest absolute Gasteiger partial charge is 0.376 e. The number of ether oxygens (including phenoxy) is 1. The van der Waals surface area contributed by atoms with Crippen LogP contribution >= 0.6 is 0 Å². The van der Waals surface area contributed by atoms with Gasteiger partial charge in [-0.2, -0.15) is 0 Å². The van der Waals surface area contributed by atoms with E-state index in [1.165, 1.54) is 12.1 Å². The van der Waals surface area contributed by atoms with Gasteiger partial charge in [-0.05, 0) is 43.5 Å². The maximum Gasteiger partial charge on any atom is 0.123 e. The maximum atomic E-state index is 13.3. The summed E-state index contributed by atoms with van der Waals surface area (Å²) in [6, 6.07) is 4.54. The van der Waals surface area contributed by atoms with Crippen molar-refractivity contribution in [1.82, 2.24) is 5.43 Å². The first-order chi connectivity index (χ1) is 8.13. The quantitative estimate of drug-likeness (QED) is 0.593. The monoisotopic (exact) mass is 240 g/mol. The second-order valence-electron chi connectivity index (χ2n) is 4.05.